The van der Waals surface area contributed by atoms with Gasteiger partial charge in [-0.1, -0.05) is 55.5 Å². The third kappa shape index (κ3) is 18.3. The molecule has 0 unspecified atom stereocenters. The molecule has 3 atom stereocenters. The van der Waals surface area contributed by atoms with Gasteiger partial charge in [-0.3, -0.25) is 29.1 Å². The molecule has 1 aliphatic heterocycles. The van der Waals surface area contributed by atoms with Gasteiger partial charge in [0.25, 0.3) is 11.8 Å². The lowest BCUT2D eigenvalue weighted by atomic mass is 9.91. The van der Waals surface area contributed by atoms with Crippen LogP contribution in [0.4, 0.5) is 11.4 Å². The molecule has 1 saturated heterocycles. The van der Waals surface area contributed by atoms with Gasteiger partial charge in [-0.25, -0.2) is 4.79 Å². The zero-order chi connectivity index (χ0) is 64.5. The Morgan fingerprint density at radius 3 is 2.07 bits per heavy atom. The van der Waals surface area contributed by atoms with Crippen molar-refractivity contribution in [2.45, 2.75) is 63.5 Å². The number of carbonyl (C=O) groups excluding carboxylic acids is 5. The number of likely N-dealkylation sites (tertiary alicyclic amines) is 1. The topological polar surface area (TPSA) is 255 Å². The normalized spacial score (nSPS) is 13.5. The molecule has 0 spiro atoms. The number of anilines is 2. The minimum absolute atomic E-state index is 0.150. The summed E-state index contributed by atoms with van der Waals surface area (Å²) in [5.41, 5.74) is 6.73. The van der Waals surface area contributed by atoms with E-state index < -0.39 is 24.0 Å². The van der Waals surface area contributed by atoms with Crippen LogP contribution in [0.3, 0.4) is 0 Å². The number of piperidine rings is 1. The van der Waals surface area contributed by atoms with Crippen LogP contribution in [0.25, 0.3) is 22.0 Å². The predicted molar refractivity (Wildman–Crippen MR) is 343 cm³/mol. The van der Waals surface area contributed by atoms with E-state index in [4.69, 9.17) is 47.4 Å². The summed E-state index contributed by atoms with van der Waals surface area (Å²) in [6.07, 6.45) is 5.78. The molecule has 1 aliphatic rings. The van der Waals surface area contributed by atoms with Gasteiger partial charge in [0.1, 0.15) is 36.8 Å². The smallest absolute Gasteiger partial charge is 0.329 e. The molecule has 2 aromatic heterocycles. The van der Waals surface area contributed by atoms with Crippen molar-refractivity contribution in [3.8, 4) is 45.6 Å². The number of hydrogen-bond acceptors (Lipinski definition) is 18. The lowest BCUT2D eigenvalue weighted by Gasteiger charge is -2.37. The molecule has 0 saturated carbocycles. The Morgan fingerprint density at radius 2 is 1.36 bits per heavy atom. The fraction of sp³-hybridized carbons (Fsp3) is 0.377. The van der Waals surface area contributed by atoms with Gasteiger partial charge in [-0.2, -0.15) is 0 Å². The molecule has 7 aromatic rings. The van der Waals surface area contributed by atoms with Gasteiger partial charge in [0, 0.05) is 49.2 Å². The van der Waals surface area contributed by atoms with Gasteiger partial charge in [0.15, 0.2) is 23.0 Å². The van der Waals surface area contributed by atoms with Crippen molar-refractivity contribution in [1.82, 2.24) is 30.8 Å². The van der Waals surface area contributed by atoms with Crippen LogP contribution in [0.2, 0.25) is 0 Å². The first kappa shape index (κ1) is 67.4. The summed E-state index contributed by atoms with van der Waals surface area (Å²) in [6.45, 7) is 4.01. The highest BCUT2D eigenvalue weighted by atomic mass is 16.6. The molecule has 4 N–H and O–H groups in total. The molecular formula is C69H81N7O15. The van der Waals surface area contributed by atoms with Gasteiger partial charge < -0.3 is 73.5 Å². The fourth-order valence-corrected chi connectivity index (χ4v) is 10.7. The summed E-state index contributed by atoms with van der Waals surface area (Å²) in [7, 11) is 9.31. The number of para-hydroxylation sites is 1. The van der Waals surface area contributed by atoms with Crippen LogP contribution in [0.1, 0.15) is 88.6 Å². The van der Waals surface area contributed by atoms with Gasteiger partial charge in [0.05, 0.1) is 97.8 Å². The van der Waals surface area contributed by atoms with Crippen molar-refractivity contribution in [3.05, 3.63) is 156 Å². The van der Waals surface area contributed by atoms with E-state index in [1.165, 1.54) is 21.3 Å². The van der Waals surface area contributed by atoms with E-state index in [2.05, 4.69) is 31.2 Å². The van der Waals surface area contributed by atoms with Gasteiger partial charge in [-0.05, 0) is 128 Å². The third-order valence-electron chi connectivity index (χ3n) is 15.4. The summed E-state index contributed by atoms with van der Waals surface area (Å²) in [5, 5.41) is 12.5. The van der Waals surface area contributed by atoms with Crippen molar-refractivity contribution < 1.29 is 71.3 Å². The second-order valence-corrected chi connectivity index (χ2v) is 21.2. The Morgan fingerprint density at radius 1 is 0.637 bits per heavy atom. The number of esters is 1. The van der Waals surface area contributed by atoms with Gasteiger partial charge >= 0.3 is 5.97 Å². The highest BCUT2D eigenvalue weighted by Gasteiger charge is 2.38. The Balaban J connectivity index is 0.746. The number of aromatic nitrogens is 2. The lowest BCUT2D eigenvalue weighted by Crippen LogP contribution is -2.50. The number of methoxy groups -OCH3 is 5. The second kappa shape index (κ2) is 34.5. The van der Waals surface area contributed by atoms with E-state index in [1.807, 2.05) is 97.9 Å². The molecule has 5 aromatic carbocycles. The number of ether oxygens (including phenoxy) is 10. The molecule has 482 valence electrons. The molecule has 0 bridgehead atoms. The number of pyridine rings is 2. The molecule has 4 amide bonds. The highest BCUT2D eigenvalue weighted by Crippen LogP contribution is 2.42. The molecule has 0 aliphatic carbocycles. The minimum atomic E-state index is -0.810. The van der Waals surface area contributed by atoms with E-state index >= 15 is 0 Å². The van der Waals surface area contributed by atoms with Gasteiger partial charge in [0.2, 0.25) is 17.6 Å². The number of hydrogen-bond donors (Lipinski definition) is 4. The molecular weight excluding hydrogens is 1170 g/mol. The van der Waals surface area contributed by atoms with Gasteiger partial charge in [-0.15, -0.1) is 0 Å². The zero-order valence-electron chi connectivity index (χ0n) is 52.6. The summed E-state index contributed by atoms with van der Waals surface area (Å²) in [5.74, 6) is 0.738. The SMILES string of the molecule is CC[C@H](C(=O)N1CCCC[C@H]1C(=O)O[C@H](CCc1ccc(OC)c(OC)c1)c1cccc(OCCNC(=O)COCCOCCOCCNC(=O)c2ccc(-c3ccc4ncc(C(=O)NC)c(Nc5ccccc5)c4c3)cn2)c1)c1cc(OC)c(OC)c(OC)c1. The maximum atomic E-state index is 14.6. The number of benzene rings is 5. The highest BCUT2D eigenvalue weighted by molar-refractivity contribution is 6.08. The molecule has 8 rings (SSSR count). The van der Waals surface area contributed by atoms with Crippen molar-refractivity contribution >= 4 is 51.9 Å². The Hall–Kier alpha value is -9.51. The van der Waals surface area contributed by atoms with Crippen LogP contribution in [-0.4, -0.2) is 159 Å². The van der Waals surface area contributed by atoms with Crippen LogP contribution < -0.4 is 49.7 Å². The maximum Gasteiger partial charge on any atom is 0.329 e. The number of fused-ring (bicyclic) bond motifs is 1. The van der Waals surface area contributed by atoms with Crippen LogP contribution in [0.5, 0.6) is 34.5 Å². The average molecular weight is 1250 g/mol. The van der Waals surface area contributed by atoms with Crippen molar-refractivity contribution in [2.75, 3.05) is 114 Å². The minimum Gasteiger partial charge on any atom is -0.493 e. The quantitative estimate of drug-likeness (QED) is 0.0216. The fourth-order valence-electron chi connectivity index (χ4n) is 10.7. The molecule has 22 heteroatoms. The average Bonchev–Trinajstić information content (AvgIpc) is 0.960. The first-order chi connectivity index (χ1) is 44.4. The van der Waals surface area contributed by atoms with Crippen LogP contribution in [0, 0.1) is 0 Å². The van der Waals surface area contributed by atoms with Crippen LogP contribution in [-0.2, 0) is 39.8 Å². The van der Waals surface area contributed by atoms with E-state index in [9.17, 15) is 24.0 Å². The van der Waals surface area contributed by atoms with Crippen molar-refractivity contribution in [1.29, 1.82) is 0 Å². The summed E-state index contributed by atoms with van der Waals surface area (Å²) < 4.78 is 57.1. The maximum absolute atomic E-state index is 14.6. The predicted octanol–water partition coefficient (Wildman–Crippen LogP) is 9.21. The monoisotopic (exact) mass is 1250 g/mol. The largest absolute Gasteiger partial charge is 0.493 e. The summed E-state index contributed by atoms with van der Waals surface area (Å²) in [4.78, 5) is 78.1. The summed E-state index contributed by atoms with van der Waals surface area (Å²) in [6, 6.07) is 34.5. The number of nitrogens with one attached hydrogen (secondary N) is 4. The molecule has 3 heterocycles. The van der Waals surface area contributed by atoms with E-state index in [0.29, 0.717) is 94.6 Å². The first-order valence-corrected chi connectivity index (χ1v) is 30.4. The Bertz CT molecular complexity index is 3530. The lowest BCUT2D eigenvalue weighted by molar-refractivity contribution is -0.162. The van der Waals surface area contributed by atoms with E-state index in [-0.39, 0.29) is 88.7 Å². The third-order valence-corrected chi connectivity index (χ3v) is 15.4. The number of amides is 4. The van der Waals surface area contributed by atoms with Crippen molar-refractivity contribution in [3.63, 3.8) is 0 Å². The number of carbonyl (C=O) groups is 5. The number of aryl methyl sites for hydroxylation is 1. The number of nitrogens with zero attached hydrogens (tertiary/aromatic N) is 3. The second-order valence-electron chi connectivity index (χ2n) is 21.2. The van der Waals surface area contributed by atoms with Crippen molar-refractivity contribution in [2.24, 2.45) is 0 Å². The molecule has 22 nitrogen and oxygen atoms in total. The zero-order valence-corrected chi connectivity index (χ0v) is 52.6. The Labute approximate surface area is 530 Å². The van der Waals surface area contributed by atoms with Crippen LogP contribution >= 0.6 is 0 Å². The van der Waals surface area contributed by atoms with Crippen LogP contribution in [0.15, 0.2) is 128 Å². The van der Waals surface area contributed by atoms with E-state index in [0.717, 1.165) is 40.6 Å². The van der Waals surface area contributed by atoms with E-state index in [1.54, 1.807) is 62.8 Å². The molecule has 1 fully saturated rings. The Kier molecular flexibility index (Phi) is 25.5. The molecule has 91 heavy (non-hydrogen) atoms. The first-order valence-electron chi connectivity index (χ1n) is 30.4. The summed E-state index contributed by atoms with van der Waals surface area (Å²) >= 11 is 0. The standard InChI is InChI=1S/C69H81N7O15/c1-8-52(49-40-61(84-5)65(86-7)62(41-49)85-6)68(80)76-30-13-12-19-57(76)69(81)91-58(26-20-45-21-27-59(82-3)60(37-45)83-4)47-15-14-18-51(38-47)90-32-29-71-63(77)44-89-36-35-88-34-33-87-31-28-72-67(79)56-25-23-48(42-73-56)46-22-24-55-53(39-46)64(54(43-74-55)66(78)70-2)75-50-16-10-9-11-17-50/h9-11,14-18,21-25,27,37-43,52,57-58H,8,12-13,19-20,26,28-36,44H2,1-7H3,(H,70,78)(H,71,77)(H,72,79)(H,74,75)/t52-,57-,58+/m0/s1. The molecule has 0 radical (unpaired) electrons. The number of rotatable bonds is 34.